The Morgan fingerprint density at radius 1 is 0.875 bits per heavy atom. The Balaban J connectivity index is 1.59. The lowest BCUT2D eigenvalue weighted by Crippen LogP contribution is -2.04. The molecule has 1 heterocycles. The average molecular weight is 324 g/mol. The first-order valence-electron chi connectivity index (χ1n) is 8.33. The maximum atomic E-state index is 12.2. The number of alkyl halides is 1. The lowest BCUT2D eigenvalue weighted by atomic mass is 10.0. The van der Waals surface area contributed by atoms with Crippen molar-refractivity contribution in [2.45, 2.75) is 25.7 Å². The second kappa shape index (κ2) is 8.39. The number of unbranched alkanes of at least 4 members (excludes halogenated alkanes) is 1. The average Bonchev–Trinajstić information content (AvgIpc) is 2.63. The van der Waals surface area contributed by atoms with Gasteiger partial charge in [-0.05, 0) is 42.5 Å². The summed E-state index contributed by atoms with van der Waals surface area (Å²) in [6, 6.07) is 16.3. The topological polar surface area (TPSA) is 35.0 Å². The molecular weight excluding hydrogens is 303 g/mol. The minimum Gasteiger partial charge on any atom is -0.477 e. The molecule has 0 saturated heterocycles. The third-order valence-corrected chi connectivity index (χ3v) is 3.98. The fraction of sp³-hybridized carbons (Fsp3) is 0.300. The number of fused-ring (bicyclic) bond motifs is 1. The Bertz CT molecular complexity index is 786. The highest BCUT2D eigenvalue weighted by Crippen LogP contribution is 2.20. The van der Waals surface area contributed by atoms with Crippen molar-refractivity contribution in [1.29, 1.82) is 0 Å². The SMILES string of the molecule is FCCCCc1cccc(CCOc2ncnc3ccccc23)c1. The summed E-state index contributed by atoms with van der Waals surface area (Å²) in [6.45, 7) is 0.329. The molecule has 124 valence electrons. The third kappa shape index (κ3) is 4.28. The van der Waals surface area contributed by atoms with Crippen LogP contribution in [-0.2, 0) is 12.8 Å². The molecular formula is C20H21FN2O. The normalized spacial score (nSPS) is 10.9. The molecule has 24 heavy (non-hydrogen) atoms. The summed E-state index contributed by atoms with van der Waals surface area (Å²) < 4.78 is 18.0. The van der Waals surface area contributed by atoms with Gasteiger partial charge >= 0.3 is 0 Å². The lowest BCUT2D eigenvalue weighted by Gasteiger charge is -2.08. The largest absolute Gasteiger partial charge is 0.477 e. The Morgan fingerprint density at radius 2 is 1.71 bits per heavy atom. The number of para-hydroxylation sites is 1. The minimum absolute atomic E-state index is 0.236. The Hall–Kier alpha value is -2.49. The van der Waals surface area contributed by atoms with E-state index in [-0.39, 0.29) is 6.67 Å². The van der Waals surface area contributed by atoms with Gasteiger partial charge in [0.1, 0.15) is 6.33 Å². The predicted octanol–water partition coefficient (Wildman–Crippen LogP) is 4.54. The van der Waals surface area contributed by atoms with Gasteiger partial charge in [-0.3, -0.25) is 4.39 Å². The van der Waals surface area contributed by atoms with E-state index >= 15 is 0 Å². The molecule has 4 heteroatoms. The van der Waals surface area contributed by atoms with Crippen LogP contribution in [0.3, 0.4) is 0 Å². The summed E-state index contributed by atoms with van der Waals surface area (Å²) in [7, 11) is 0. The number of rotatable bonds is 8. The fourth-order valence-corrected chi connectivity index (χ4v) is 2.72. The van der Waals surface area contributed by atoms with E-state index in [4.69, 9.17) is 4.74 Å². The molecule has 0 aliphatic rings. The van der Waals surface area contributed by atoms with Crippen LogP contribution >= 0.6 is 0 Å². The zero-order valence-electron chi connectivity index (χ0n) is 13.6. The summed E-state index contributed by atoms with van der Waals surface area (Å²) in [6.07, 6.45) is 4.80. The smallest absolute Gasteiger partial charge is 0.224 e. The van der Waals surface area contributed by atoms with Crippen LogP contribution in [0.1, 0.15) is 24.0 Å². The number of ether oxygens (including phenoxy) is 1. The maximum Gasteiger partial charge on any atom is 0.224 e. The van der Waals surface area contributed by atoms with Crippen LogP contribution in [0.2, 0.25) is 0 Å². The molecule has 0 unspecified atom stereocenters. The molecule has 2 aromatic carbocycles. The molecule has 1 aromatic heterocycles. The van der Waals surface area contributed by atoms with Crippen LogP contribution in [0.15, 0.2) is 54.9 Å². The Morgan fingerprint density at radius 3 is 2.58 bits per heavy atom. The van der Waals surface area contributed by atoms with Gasteiger partial charge < -0.3 is 4.74 Å². The zero-order chi connectivity index (χ0) is 16.6. The summed E-state index contributed by atoms with van der Waals surface area (Å²) in [5.41, 5.74) is 3.37. The molecule has 0 radical (unpaired) electrons. The first kappa shape index (κ1) is 16.4. The number of nitrogens with zero attached hydrogens (tertiary/aromatic N) is 2. The van der Waals surface area contributed by atoms with Gasteiger partial charge in [0.15, 0.2) is 0 Å². The molecule has 0 saturated carbocycles. The molecule has 0 atom stereocenters. The quantitative estimate of drug-likeness (QED) is 0.570. The summed E-state index contributed by atoms with van der Waals surface area (Å²) in [4.78, 5) is 8.47. The number of aryl methyl sites for hydroxylation is 1. The molecule has 3 nitrogen and oxygen atoms in total. The Kier molecular flexibility index (Phi) is 5.72. The van der Waals surface area contributed by atoms with Crippen molar-refractivity contribution in [2.75, 3.05) is 13.3 Å². The predicted molar refractivity (Wildman–Crippen MR) is 94.1 cm³/mol. The highest BCUT2D eigenvalue weighted by atomic mass is 19.1. The summed E-state index contributed by atoms with van der Waals surface area (Å²) >= 11 is 0. The van der Waals surface area contributed by atoms with Gasteiger partial charge in [-0.15, -0.1) is 0 Å². The highest BCUT2D eigenvalue weighted by Gasteiger charge is 2.04. The Labute approximate surface area is 141 Å². The molecule has 0 amide bonds. The second-order valence-electron chi connectivity index (χ2n) is 5.76. The third-order valence-electron chi connectivity index (χ3n) is 3.98. The van der Waals surface area contributed by atoms with E-state index in [9.17, 15) is 4.39 Å². The van der Waals surface area contributed by atoms with E-state index in [2.05, 4.69) is 34.2 Å². The van der Waals surface area contributed by atoms with Gasteiger partial charge in [-0.1, -0.05) is 36.4 Å². The van der Waals surface area contributed by atoms with E-state index in [1.807, 2.05) is 24.3 Å². The monoisotopic (exact) mass is 324 g/mol. The molecule has 0 N–H and O–H groups in total. The van der Waals surface area contributed by atoms with Crippen molar-refractivity contribution in [3.8, 4) is 5.88 Å². The van der Waals surface area contributed by atoms with E-state index in [0.717, 1.165) is 30.2 Å². The van der Waals surface area contributed by atoms with E-state index in [1.54, 1.807) is 0 Å². The fourth-order valence-electron chi connectivity index (χ4n) is 2.72. The second-order valence-corrected chi connectivity index (χ2v) is 5.76. The van der Waals surface area contributed by atoms with Crippen molar-refractivity contribution in [1.82, 2.24) is 9.97 Å². The van der Waals surface area contributed by atoms with Crippen molar-refractivity contribution in [3.63, 3.8) is 0 Å². The first-order valence-corrected chi connectivity index (χ1v) is 8.33. The van der Waals surface area contributed by atoms with Crippen molar-refractivity contribution < 1.29 is 9.13 Å². The van der Waals surface area contributed by atoms with Gasteiger partial charge in [-0.25, -0.2) is 9.97 Å². The molecule has 3 rings (SSSR count). The molecule has 0 aliphatic heterocycles. The summed E-state index contributed by atoms with van der Waals surface area (Å²) in [5.74, 6) is 0.625. The first-order chi connectivity index (χ1) is 11.9. The van der Waals surface area contributed by atoms with Crippen molar-refractivity contribution in [3.05, 3.63) is 66.0 Å². The molecule has 0 spiro atoms. The van der Waals surface area contributed by atoms with Crippen LogP contribution in [0.5, 0.6) is 5.88 Å². The van der Waals surface area contributed by atoms with Crippen LogP contribution in [0.25, 0.3) is 10.9 Å². The van der Waals surface area contributed by atoms with Crippen molar-refractivity contribution >= 4 is 10.9 Å². The van der Waals surface area contributed by atoms with E-state index in [1.165, 1.54) is 17.5 Å². The van der Waals surface area contributed by atoms with E-state index in [0.29, 0.717) is 18.9 Å². The van der Waals surface area contributed by atoms with Crippen molar-refractivity contribution in [2.24, 2.45) is 0 Å². The highest BCUT2D eigenvalue weighted by molar-refractivity contribution is 5.82. The minimum atomic E-state index is -0.236. The summed E-state index contributed by atoms with van der Waals surface area (Å²) in [5, 5.41) is 0.931. The van der Waals surface area contributed by atoms with Gasteiger partial charge in [-0.2, -0.15) is 0 Å². The lowest BCUT2D eigenvalue weighted by molar-refractivity contribution is 0.313. The molecule has 0 aliphatic carbocycles. The number of aromatic nitrogens is 2. The maximum absolute atomic E-state index is 12.2. The van der Waals surface area contributed by atoms with Gasteiger partial charge in [0, 0.05) is 6.42 Å². The zero-order valence-corrected chi connectivity index (χ0v) is 13.6. The van der Waals surface area contributed by atoms with Crippen LogP contribution in [0, 0.1) is 0 Å². The molecule has 0 fully saturated rings. The van der Waals surface area contributed by atoms with Gasteiger partial charge in [0.25, 0.3) is 0 Å². The van der Waals surface area contributed by atoms with Crippen LogP contribution in [-0.4, -0.2) is 23.2 Å². The number of hydrogen-bond acceptors (Lipinski definition) is 3. The van der Waals surface area contributed by atoms with Gasteiger partial charge in [0.05, 0.1) is 24.2 Å². The molecule has 0 bridgehead atoms. The van der Waals surface area contributed by atoms with E-state index < -0.39 is 0 Å². The molecule has 3 aromatic rings. The van der Waals surface area contributed by atoms with Gasteiger partial charge in [0.2, 0.25) is 5.88 Å². The van der Waals surface area contributed by atoms with Crippen LogP contribution < -0.4 is 4.74 Å². The number of benzene rings is 2. The number of halogens is 1. The van der Waals surface area contributed by atoms with Crippen LogP contribution in [0.4, 0.5) is 4.39 Å². The standard InChI is InChI=1S/C20H21FN2O/c21-12-4-3-6-16-7-5-8-17(14-16)11-13-24-20-18-9-1-2-10-19(18)22-15-23-20/h1-2,5,7-10,14-15H,3-4,6,11-13H2. The number of hydrogen-bond donors (Lipinski definition) is 0.